The third kappa shape index (κ3) is 12.0. The van der Waals surface area contributed by atoms with E-state index in [2.05, 4.69) is 24.5 Å². The molecular formula is C24H49N3O4S. The fourth-order valence-corrected chi connectivity index (χ4v) is 6.02. The molecule has 0 aliphatic heterocycles. The average Bonchev–Trinajstić information content (AvgIpc) is 2.75. The Bertz CT molecular complexity index is 600. The number of carbonyl (C=O) groups is 1. The van der Waals surface area contributed by atoms with E-state index in [1.807, 2.05) is 13.8 Å². The summed E-state index contributed by atoms with van der Waals surface area (Å²) >= 11 is 0. The number of sulfonamides is 1. The molecule has 1 fully saturated rings. The zero-order valence-electron chi connectivity index (χ0n) is 20.9. The summed E-state index contributed by atoms with van der Waals surface area (Å²) in [6.45, 7) is 10.5. The lowest BCUT2D eigenvalue weighted by Gasteiger charge is -2.30. The molecule has 1 aliphatic rings. The topological polar surface area (TPSA) is 98.7 Å². The molecule has 0 bridgehead atoms. The highest BCUT2D eigenvalue weighted by Crippen LogP contribution is 2.28. The van der Waals surface area contributed by atoms with Gasteiger partial charge in [0, 0.05) is 26.1 Å². The molecule has 0 aromatic rings. The van der Waals surface area contributed by atoms with Gasteiger partial charge < -0.3 is 15.7 Å². The van der Waals surface area contributed by atoms with E-state index in [0.29, 0.717) is 31.5 Å². The molecule has 32 heavy (non-hydrogen) atoms. The highest BCUT2D eigenvalue weighted by Gasteiger charge is 2.27. The van der Waals surface area contributed by atoms with Crippen LogP contribution in [0.15, 0.2) is 0 Å². The van der Waals surface area contributed by atoms with Crippen molar-refractivity contribution >= 4 is 15.9 Å². The van der Waals surface area contributed by atoms with Crippen molar-refractivity contribution in [1.29, 1.82) is 0 Å². The number of carbonyl (C=O) groups excluding carboxylic acids is 1. The van der Waals surface area contributed by atoms with Crippen LogP contribution < -0.4 is 10.6 Å². The van der Waals surface area contributed by atoms with Crippen LogP contribution in [-0.4, -0.2) is 67.8 Å². The van der Waals surface area contributed by atoms with Gasteiger partial charge in [0.15, 0.2) is 0 Å². The Morgan fingerprint density at radius 3 is 2.28 bits per heavy atom. The molecule has 1 rings (SSSR count). The van der Waals surface area contributed by atoms with Crippen LogP contribution in [0.2, 0.25) is 0 Å². The molecular weight excluding hydrogens is 426 g/mol. The van der Waals surface area contributed by atoms with Crippen molar-refractivity contribution < 1.29 is 18.3 Å². The van der Waals surface area contributed by atoms with Crippen molar-refractivity contribution in [3.63, 3.8) is 0 Å². The van der Waals surface area contributed by atoms with E-state index in [1.54, 1.807) is 0 Å². The van der Waals surface area contributed by atoms with Crippen molar-refractivity contribution in [2.24, 2.45) is 11.8 Å². The molecule has 1 saturated carbocycles. The molecule has 2 atom stereocenters. The molecule has 0 spiro atoms. The summed E-state index contributed by atoms with van der Waals surface area (Å²) in [4.78, 5) is 12.7. The van der Waals surface area contributed by atoms with Gasteiger partial charge in [0.1, 0.15) is 0 Å². The number of nitrogens with one attached hydrogen (secondary N) is 2. The van der Waals surface area contributed by atoms with E-state index in [4.69, 9.17) is 0 Å². The maximum absolute atomic E-state index is 12.7. The Hall–Kier alpha value is -0.700. The van der Waals surface area contributed by atoms with E-state index in [1.165, 1.54) is 23.6 Å². The van der Waals surface area contributed by atoms with Crippen molar-refractivity contribution in [1.82, 2.24) is 14.9 Å². The van der Waals surface area contributed by atoms with Gasteiger partial charge in [-0.3, -0.25) is 4.79 Å². The minimum atomic E-state index is -3.45. The minimum Gasteiger partial charge on any atom is -0.390 e. The summed E-state index contributed by atoms with van der Waals surface area (Å²) in [5, 5.41) is 17.1. The smallest absolute Gasteiger partial charge is 0.221 e. The van der Waals surface area contributed by atoms with Gasteiger partial charge in [0.05, 0.1) is 17.9 Å². The molecule has 190 valence electrons. The lowest BCUT2D eigenvalue weighted by molar-refractivity contribution is -0.122. The first-order valence-electron chi connectivity index (χ1n) is 12.9. The van der Waals surface area contributed by atoms with Crippen LogP contribution in [0, 0.1) is 11.8 Å². The first-order valence-corrected chi connectivity index (χ1v) is 14.5. The molecule has 0 unspecified atom stereocenters. The maximum Gasteiger partial charge on any atom is 0.221 e. The second-order valence-corrected chi connectivity index (χ2v) is 11.9. The third-order valence-corrected chi connectivity index (χ3v) is 8.17. The fraction of sp³-hybridized carbons (Fsp3) is 0.958. The second kappa shape index (κ2) is 16.0. The Kier molecular flexibility index (Phi) is 14.7. The standard InChI is InChI=1S/C24H49N3O4S/c1-5-15-27(16-6-2)32(30,31)17-13-24(29)26-22(18-21-10-8-7-9-11-21)23(28)19-25-14-12-20(3)4/h20-23,25,28H,5-19H2,1-4H3,(H,26,29)/t22-,23-/m0/s1. The highest BCUT2D eigenvalue weighted by atomic mass is 32.2. The zero-order chi connectivity index (χ0) is 24.0. The number of hydrogen-bond donors (Lipinski definition) is 3. The van der Waals surface area contributed by atoms with Crippen LogP contribution in [0.4, 0.5) is 0 Å². The van der Waals surface area contributed by atoms with Gasteiger partial charge in [-0.2, -0.15) is 0 Å². The van der Waals surface area contributed by atoms with Gasteiger partial charge in [-0.1, -0.05) is 59.8 Å². The molecule has 0 saturated heterocycles. The average molecular weight is 476 g/mol. The summed E-state index contributed by atoms with van der Waals surface area (Å²) in [5.74, 6) is 0.633. The number of aliphatic hydroxyl groups excluding tert-OH is 1. The summed E-state index contributed by atoms with van der Waals surface area (Å²) in [6, 6.07) is -0.345. The second-order valence-electron chi connectivity index (χ2n) is 9.83. The predicted octanol–water partition coefficient (Wildman–Crippen LogP) is 3.28. The first kappa shape index (κ1) is 29.3. The molecule has 3 N–H and O–H groups in total. The van der Waals surface area contributed by atoms with E-state index in [0.717, 1.165) is 45.1 Å². The molecule has 0 aromatic carbocycles. The van der Waals surface area contributed by atoms with Crippen LogP contribution in [0.1, 0.15) is 91.9 Å². The van der Waals surface area contributed by atoms with Gasteiger partial charge in [-0.05, 0) is 44.1 Å². The van der Waals surface area contributed by atoms with Crippen molar-refractivity contribution in [2.45, 2.75) is 104 Å². The lowest BCUT2D eigenvalue weighted by atomic mass is 9.83. The lowest BCUT2D eigenvalue weighted by Crippen LogP contribution is -2.49. The Balaban J connectivity index is 2.65. The summed E-state index contributed by atoms with van der Waals surface area (Å²) in [7, 11) is -3.45. The summed E-state index contributed by atoms with van der Waals surface area (Å²) < 4.78 is 26.8. The van der Waals surface area contributed by atoms with Crippen molar-refractivity contribution in [3.05, 3.63) is 0 Å². The van der Waals surface area contributed by atoms with E-state index in [-0.39, 0.29) is 24.1 Å². The number of nitrogens with zero attached hydrogens (tertiary/aromatic N) is 1. The van der Waals surface area contributed by atoms with Gasteiger partial charge in [0.2, 0.25) is 15.9 Å². The molecule has 1 aliphatic carbocycles. The van der Waals surface area contributed by atoms with E-state index < -0.39 is 16.1 Å². The largest absolute Gasteiger partial charge is 0.390 e. The quantitative estimate of drug-likeness (QED) is 0.280. The number of amides is 1. The van der Waals surface area contributed by atoms with Crippen LogP contribution >= 0.6 is 0 Å². The van der Waals surface area contributed by atoms with Crippen LogP contribution in [0.25, 0.3) is 0 Å². The maximum atomic E-state index is 12.7. The zero-order valence-corrected chi connectivity index (χ0v) is 21.8. The summed E-state index contributed by atoms with van der Waals surface area (Å²) in [5.41, 5.74) is 0. The highest BCUT2D eigenvalue weighted by molar-refractivity contribution is 7.89. The van der Waals surface area contributed by atoms with Crippen molar-refractivity contribution in [2.75, 3.05) is 31.9 Å². The molecule has 7 nitrogen and oxygen atoms in total. The normalized spacial score (nSPS) is 17.6. The van der Waals surface area contributed by atoms with E-state index >= 15 is 0 Å². The number of aliphatic hydroxyl groups is 1. The van der Waals surface area contributed by atoms with Gasteiger partial charge >= 0.3 is 0 Å². The van der Waals surface area contributed by atoms with Crippen LogP contribution in [-0.2, 0) is 14.8 Å². The van der Waals surface area contributed by atoms with Crippen LogP contribution in [0.5, 0.6) is 0 Å². The monoisotopic (exact) mass is 475 g/mol. The Morgan fingerprint density at radius 1 is 1.09 bits per heavy atom. The van der Waals surface area contributed by atoms with Gasteiger partial charge in [-0.25, -0.2) is 12.7 Å². The van der Waals surface area contributed by atoms with Gasteiger partial charge in [0.25, 0.3) is 0 Å². The number of rotatable bonds is 17. The van der Waals surface area contributed by atoms with E-state index in [9.17, 15) is 18.3 Å². The van der Waals surface area contributed by atoms with Crippen molar-refractivity contribution in [3.8, 4) is 0 Å². The third-order valence-electron chi connectivity index (χ3n) is 6.30. The van der Waals surface area contributed by atoms with Gasteiger partial charge in [-0.15, -0.1) is 0 Å². The molecule has 0 aromatic heterocycles. The fourth-order valence-electron chi connectivity index (χ4n) is 4.40. The molecule has 1 amide bonds. The molecule has 0 radical (unpaired) electrons. The number of hydrogen-bond acceptors (Lipinski definition) is 5. The Morgan fingerprint density at radius 2 is 1.72 bits per heavy atom. The Labute approximate surface area is 197 Å². The SMILES string of the molecule is CCCN(CCC)S(=O)(=O)CCC(=O)N[C@@H](CC1CCCCC1)[C@@H](O)CNCCC(C)C. The minimum absolute atomic E-state index is 0.0685. The molecule has 8 heteroatoms. The molecule has 0 heterocycles. The predicted molar refractivity (Wildman–Crippen MR) is 132 cm³/mol. The first-order chi connectivity index (χ1) is 15.2. The van der Waals surface area contributed by atoms with Crippen LogP contribution in [0.3, 0.4) is 0 Å². The summed E-state index contributed by atoms with van der Waals surface area (Å²) in [6.07, 6.45) is 8.50.